The van der Waals surface area contributed by atoms with Crippen LogP contribution in [0.3, 0.4) is 0 Å². The molecule has 3 aliphatic rings. The average molecular weight is 374 g/mol. The van der Waals surface area contributed by atoms with Crippen LogP contribution in [0.4, 0.5) is 5.82 Å². The summed E-state index contributed by atoms with van der Waals surface area (Å²) in [4.78, 5) is 17.8. The molecule has 1 saturated carbocycles. The molecule has 2 atom stereocenters. The summed E-state index contributed by atoms with van der Waals surface area (Å²) in [5.74, 6) is 2.26. The Hall–Kier alpha value is -2.00. The van der Waals surface area contributed by atoms with Crippen LogP contribution in [-0.4, -0.2) is 58.8 Å². The molecule has 1 N–H and O–H groups in total. The van der Waals surface area contributed by atoms with Crippen LogP contribution in [0, 0.1) is 11.8 Å². The highest BCUT2D eigenvalue weighted by Crippen LogP contribution is 2.38. The smallest absolute Gasteiger partial charge is 0.260 e. The molecule has 2 saturated heterocycles. The zero-order valence-corrected chi connectivity index (χ0v) is 15.3. The van der Waals surface area contributed by atoms with Gasteiger partial charge < -0.3 is 9.88 Å². The van der Waals surface area contributed by atoms with Crippen LogP contribution in [0.1, 0.15) is 30.9 Å². The fraction of sp³-hybridized carbons (Fsp3) is 0.588. The van der Waals surface area contributed by atoms with Crippen molar-refractivity contribution in [3.8, 4) is 0 Å². The highest BCUT2D eigenvalue weighted by molar-refractivity contribution is 7.89. The Labute approximate surface area is 152 Å². The number of fused-ring (bicyclic) bond motifs is 1. The molecular formula is C17H22N6O2S. The Balaban J connectivity index is 1.29. The van der Waals surface area contributed by atoms with Gasteiger partial charge in [-0.25, -0.2) is 23.4 Å². The second-order valence-corrected chi connectivity index (χ2v) is 9.50. The van der Waals surface area contributed by atoms with Crippen LogP contribution < -0.4 is 4.90 Å². The van der Waals surface area contributed by atoms with Crippen LogP contribution >= 0.6 is 0 Å². The summed E-state index contributed by atoms with van der Waals surface area (Å²) in [5, 5.41) is 0.176. The van der Waals surface area contributed by atoms with Gasteiger partial charge in [-0.3, -0.25) is 0 Å². The van der Waals surface area contributed by atoms with Crippen molar-refractivity contribution in [1.29, 1.82) is 0 Å². The number of aromatic amines is 1. The van der Waals surface area contributed by atoms with Crippen LogP contribution in [0.25, 0.3) is 0 Å². The summed E-state index contributed by atoms with van der Waals surface area (Å²) in [6, 6.07) is 2.13. The predicted molar refractivity (Wildman–Crippen MR) is 95.2 cm³/mol. The lowest BCUT2D eigenvalue weighted by Gasteiger charge is -2.26. The van der Waals surface area contributed by atoms with E-state index in [9.17, 15) is 8.42 Å². The van der Waals surface area contributed by atoms with E-state index in [2.05, 4.69) is 30.9 Å². The fourth-order valence-corrected chi connectivity index (χ4v) is 5.77. The molecule has 26 heavy (non-hydrogen) atoms. The van der Waals surface area contributed by atoms with Crippen molar-refractivity contribution in [3.63, 3.8) is 0 Å². The number of imidazole rings is 1. The van der Waals surface area contributed by atoms with Crippen molar-refractivity contribution >= 4 is 15.8 Å². The maximum Gasteiger partial charge on any atom is 0.260 e. The zero-order chi connectivity index (χ0) is 17.7. The number of sulfonamides is 1. The minimum atomic E-state index is -3.46. The minimum Gasteiger partial charge on any atom is -0.356 e. The van der Waals surface area contributed by atoms with Crippen LogP contribution in [0.15, 0.2) is 29.9 Å². The Bertz CT molecular complexity index is 882. The van der Waals surface area contributed by atoms with Gasteiger partial charge in [-0.2, -0.15) is 4.31 Å². The third kappa shape index (κ3) is 2.61. The third-order valence-corrected chi connectivity index (χ3v) is 7.82. The lowest BCUT2D eigenvalue weighted by atomic mass is 9.83. The SMILES string of the molecule is O=S(=O)(c1cnc[nH]1)N1CC2CN(c3cc(C4CCC4)ncn3)CC2C1. The topological polar surface area (TPSA) is 95.1 Å². The van der Waals surface area contributed by atoms with Gasteiger partial charge in [0, 0.05) is 43.9 Å². The van der Waals surface area contributed by atoms with Crippen LogP contribution in [0.5, 0.6) is 0 Å². The molecule has 0 aromatic carbocycles. The van der Waals surface area contributed by atoms with E-state index >= 15 is 0 Å². The van der Waals surface area contributed by atoms with Crippen molar-refractivity contribution in [2.75, 3.05) is 31.1 Å². The van der Waals surface area contributed by atoms with Gasteiger partial charge in [0.15, 0.2) is 5.03 Å². The van der Waals surface area contributed by atoms with Crippen molar-refractivity contribution < 1.29 is 8.42 Å². The molecule has 8 nitrogen and oxygen atoms in total. The number of aromatic nitrogens is 4. The minimum absolute atomic E-state index is 0.176. The molecular weight excluding hydrogens is 352 g/mol. The maximum absolute atomic E-state index is 12.7. The number of anilines is 1. The van der Waals surface area contributed by atoms with Crippen molar-refractivity contribution in [1.82, 2.24) is 24.2 Å². The van der Waals surface area contributed by atoms with Gasteiger partial charge in [-0.05, 0) is 24.7 Å². The molecule has 0 spiro atoms. The summed E-state index contributed by atoms with van der Waals surface area (Å²) in [7, 11) is -3.46. The Kier molecular flexibility index (Phi) is 3.75. The second kappa shape index (κ2) is 6.02. The second-order valence-electron chi connectivity index (χ2n) is 7.59. The first kappa shape index (κ1) is 16.2. The molecule has 3 fully saturated rings. The van der Waals surface area contributed by atoms with E-state index in [0.29, 0.717) is 30.8 Å². The number of nitrogens with zero attached hydrogens (tertiary/aromatic N) is 5. The molecule has 0 bridgehead atoms. The van der Waals surface area contributed by atoms with Gasteiger partial charge in [0.25, 0.3) is 10.0 Å². The molecule has 0 amide bonds. The van der Waals surface area contributed by atoms with Gasteiger partial charge in [0.1, 0.15) is 12.1 Å². The normalized spacial score (nSPS) is 26.8. The first-order valence-electron chi connectivity index (χ1n) is 9.16. The molecule has 0 radical (unpaired) electrons. The van der Waals surface area contributed by atoms with Crippen molar-refractivity contribution in [3.05, 3.63) is 30.6 Å². The number of hydrogen-bond donors (Lipinski definition) is 1. The Morgan fingerprint density at radius 3 is 2.46 bits per heavy atom. The van der Waals surface area contributed by atoms with E-state index in [1.165, 1.54) is 31.8 Å². The van der Waals surface area contributed by atoms with E-state index < -0.39 is 10.0 Å². The molecule has 2 aromatic heterocycles. The van der Waals surface area contributed by atoms with Gasteiger partial charge in [0.05, 0.1) is 12.5 Å². The lowest BCUT2D eigenvalue weighted by molar-refractivity contribution is 0.410. The first-order valence-corrected chi connectivity index (χ1v) is 10.6. The zero-order valence-electron chi connectivity index (χ0n) is 14.5. The van der Waals surface area contributed by atoms with E-state index in [1.807, 2.05) is 0 Å². The molecule has 1 aliphatic carbocycles. The molecule has 9 heteroatoms. The van der Waals surface area contributed by atoms with Gasteiger partial charge in [0.2, 0.25) is 0 Å². The fourth-order valence-electron chi connectivity index (χ4n) is 4.32. The van der Waals surface area contributed by atoms with Gasteiger partial charge in [-0.15, -0.1) is 0 Å². The summed E-state index contributed by atoms with van der Waals surface area (Å²) < 4.78 is 26.9. The summed E-state index contributed by atoms with van der Waals surface area (Å²) >= 11 is 0. The van der Waals surface area contributed by atoms with E-state index in [4.69, 9.17) is 0 Å². The monoisotopic (exact) mass is 374 g/mol. The predicted octanol–water partition coefficient (Wildman–Crippen LogP) is 1.22. The first-order chi connectivity index (χ1) is 12.6. The quantitative estimate of drug-likeness (QED) is 0.865. The number of rotatable bonds is 4. The lowest BCUT2D eigenvalue weighted by Crippen LogP contribution is -2.33. The molecule has 2 unspecified atom stereocenters. The van der Waals surface area contributed by atoms with Crippen molar-refractivity contribution in [2.45, 2.75) is 30.2 Å². The third-order valence-electron chi connectivity index (χ3n) is 6.06. The Morgan fingerprint density at radius 2 is 1.85 bits per heavy atom. The summed E-state index contributed by atoms with van der Waals surface area (Å²) in [6.45, 7) is 2.81. The molecule has 4 heterocycles. The van der Waals surface area contributed by atoms with Gasteiger partial charge >= 0.3 is 0 Å². The van der Waals surface area contributed by atoms with Crippen LogP contribution in [0.2, 0.25) is 0 Å². The summed E-state index contributed by atoms with van der Waals surface area (Å²) in [6.07, 6.45) is 8.19. The Morgan fingerprint density at radius 1 is 1.08 bits per heavy atom. The van der Waals surface area contributed by atoms with Gasteiger partial charge in [-0.1, -0.05) is 6.42 Å². The number of hydrogen-bond acceptors (Lipinski definition) is 6. The molecule has 2 aliphatic heterocycles. The van der Waals surface area contributed by atoms with Crippen LogP contribution in [-0.2, 0) is 10.0 Å². The van der Waals surface area contributed by atoms with E-state index in [1.54, 1.807) is 10.6 Å². The number of H-pyrrole nitrogens is 1. The largest absolute Gasteiger partial charge is 0.356 e. The number of nitrogens with one attached hydrogen (secondary N) is 1. The highest BCUT2D eigenvalue weighted by Gasteiger charge is 2.45. The maximum atomic E-state index is 12.7. The molecule has 2 aromatic rings. The standard InChI is InChI=1S/C17H22N6O2S/c24-26(25,17-5-18-10-21-17)23-8-13-6-22(7-14(13)9-23)16-4-15(19-11-20-16)12-2-1-3-12/h4-5,10-14H,1-3,6-9H2,(H,18,21). The molecule has 138 valence electrons. The summed E-state index contributed by atoms with van der Waals surface area (Å²) in [5.41, 5.74) is 1.15. The average Bonchev–Trinajstić information content (AvgIpc) is 3.29. The van der Waals surface area contributed by atoms with E-state index in [-0.39, 0.29) is 5.03 Å². The highest BCUT2D eigenvalue weighted by atomic mass is 32.2. The van der Waals surface area contributed by atoms with Crippen molar-refractivity contribution in [2.24, 2.45) is 11.8 Å². The van der Waals surface area contributed by atoms with E-state index in [0.717, 1.165) is 24.6 Å². The molecule has 5 rings (SSSR count).